The summed E-state index contributed by atoms with van der Waals surface area (Å²) < 4.78 is 43.4. The highest BCUT2D eigenvalue weighted by atomic mass is 19.1. The molecule has 1 aliphatic rings. The largest absolute Gasteiger partial charge is 0.493 e. The number of carbonyl (C=O) groups excluding carboxylic acids is 1. The van der Waals surface area contributed by atoms with Gasteiger partial charge < -0.3 is 24.2 Å². The number of hydrogen-bond acceptors (Lipinski definition) is 5. The number of methoxy groups -OCH3 is 3. The number of β-lactam (4-membered cyclic amide) rings is 1. The third-order valence-corrected chi connectivity index (χ3v) is 7.57. The minimum atomic E-state index is -0.827. The van der Waals surface area contributed by atoms with Gasteiger partial charge in [0.15, 0.2) is 11.5 Å². The number of benzene rings is 4. The maximum Gasteiger partial charge on any atom is 0.233 e. The van der Waals surface area contributed by atoms with Crippen molar-refractivity contribution in [2.24, 2.45) is 5.92 Å². The van der Waals surface area contributed by atoms with Crippen molar-refractivity contribution in [2.45, 2.75) is 25.0 Å². The minimum Gasteiger partial charge on any atom is -0.493 e. The fourth-order valence-electron chi connectivity index (χ4n) is 5.41. The van der Waals surface area contributed by atoms with E-state index < -0.39 is 6.10 Å². The molecule has 1 amide bonds. The summed E-state index contributed by atoms with van der Waals surface area (Å²) in [4.78, 5) is 15.0. The zero-order valence-electron chi connectivity index (χ0n) is 23.0. The van der Waals surface area contributed by atoms with Crippen molar-refractivity contribution in [3.05, 3.63) is 108 Å². The zero-order chi connectivity index (χ0) is 29.1. The van der Waals surface area contributed by atoms with Crippen LogP contribution in [-0.2, 0) is 4.79 Å². The molecule has 1 heterocycles. The fourth-order valence-corrected chi connectivity index (χ4v) is 5.41. The molecule has 1 unspecified atom stereocenters. The standard InChI is InChI=1S/C33H31F2NO5/c1-39-29-18-23(19-30(40-2)32(29)41-3)20-4-6-22(7-5-20)31-27(16-17-28(37)21-8-10-24(34)11-9-21)33(38)36(31)26-14-12-25(35)13-15-26/h4-15,18-19,27-28,31,37H,16-17H2,1-3H3/t27?,28-,31+/m0/s1. The van der Waals surface area contributed by atoms with Crippen LogP contribution in [-0.4, -0.2) is 32.3 Å². The third kappa shape index (κ3) is 5.60. The number of aliphatic hydroxyl groups excluding tert-OH is 1. The van der Waals surface area contributed by atoms with E-state index in [0.717, 1.165) is 16.7 Å². The first-order valence-corrected chi connectivity index (χ1v) is 13.3. The van der Waals surface area contributed by atoms with E-state index in [2.05, 4.69) is 0 Å². The van der Waals surface area contributed by atoms with Gasteiger partial charge in [0.25, 0.3) is 0 Å². The smallest absolute Gasteiger partial charge is 0.233 e. The van der Waals surface area contributed by atoms with Crippen LogP contribution < -0.4 is 19.1 Å². The van der Waals surface area contributed by atoms with Gasteiger partial charge in [-0.15, -0.1) is 0 Å². The van der Waals surface area contributed by atoms with Crippen molar-refractivity contribution in [3.63, 3.8) is 0 Å². The van der Waals surface area contributed by atoms with Crippen LogP contribution in [0.15, 0.2) is 84.9 Å². The van der Waals surface area contributed by atoms with E-state index in [0.29, 0.717) is 41.3 Å². The van der Waals surface area contributed by atoms with Crippen LogP contribution in [0, 0.1) is 17.6 Å². The molecule has 0 radical (unpaired) electrons. The van der Waals surface area contributed by atoms with E-state index in [1.165, 1.54) is 24.3 Å². The molecular weight excluding hydrogens is 528 g/mol. The Kier molecular flexibility index (Phi) is 8.21. The van der Waals surface area contributed by atoms with Crippen LogP contribution in [0.25, 0.3) is 11.1 Å². The normalized spacial score (nSPS) is 17.1. The predicted molar refractivity (Wildman–Crippen MR) is 152 cm³/mol. The van der Waals surface area contributed by atoms with Gasteiger partial charge in [-0.05, 0) is 83.6 Å². The molecule has 6 nitrogen and oxygen atoms in total. The Balaban J connectivity index is 1.43. The number of ether oxygens (including phenoxy) is 3. The lowest BCUT2D eigenvalue weighted by atomic mass is 9.78. The van der Waals surface area contributed by atoms with Gasteiger partial charge in [-0.1, -0.05) is 36.4 Å². The Bertz CT molecular complexity index is 1480. The molecule has 41 heavy (non-hydrogen) atoms. The molecule has 0 bridgehead atoms. The van der Waals surface area contributed by atoms with Crippen molar-refractivity contribution >= 4 is 11.6 Å². The van der Waals surface area contributed by atoms with E-state index in [1.54, 1.807) is 50.5 Å². The average molecular weight is 560 g/mol. The number of carbonyl (C=O) groups is 1. The molecule has 4 aromatic carbocycles. The predicted octanol–water partition coefficient (Wildman–Crippen LogP) is 6.88. The summed E-state index contributed by atoms with van der Waals surface area (Å²) in [7, 11) is 4.68. The molecule has 3 atom stereocenters. The quantitative estimate of drug-likeness (QED) is 0.215. The van der Waals surface area contributed by atoms with Crippen LogP contribution in [0.5, 0.6) is 17.2 Å². The summed E-state index contributed by atoms with van der Waals surface area (Å²) in [5.41, 5.74) is 3.89. The summed E-state index contributed by atoms with van der Waals surface area (Å²) >= 11 is 0. The van der Waals surface area contributed by atoms with Crippen LogP contribution in [0.4, 0.5) is 14.5 Å². The highest BCUT2D eigenvalue weighted by Gasteiger charge is 2.48. The summed E-state index contributed by atoms with van der Waals surface area (Å²) in [6, 6.07) is 22.9. The number of hydrogen-bond donors (Lipinski definition) is 1. The number of rotatable bonds is 10. The van der Waals surface area contributed by atoms with Crippen molar-refractivity contribution < 1.29 is 32.9 Å². The fraction of sp³-hybridized carbons (Fsp3) is 0.242. The first-order valence-electron chi connectivity index (χ1n) is 13.3. The number of anilines is 1. The molecule has 5 rings (SSSR count). The second-order valence-electron chi connectivity index (χ2n) is 9.92. The Labute approximate surface area is 237 Å². The SMILES string of the molecule is COc1cc(-c2ccc([C@@H]3C(CC[C@H](O)c4ccc(F)cc4)C(=O)N3c3ccc(F)cc3)cc2)cc(OC)c1OC. The van der Waals surface area contributed by atoms with Gasteiger partial charge in [0.05, 0.1) is 39.4 Å². The molecule has 1 saturated heterocycles. The molecule has 0 spiro atoms. The van der Waals surface area contributed by atoms with Crippen molar-refractivity contribution in [1.29, 1.82) is 0 Å². The minimum absolute atomic E-state index is 0.0957. The number of aliphatic hydroxyl groups is 1. The van der Waals surface area contributed by atoms with Gasteiger partial charge >= 0.3 is 0 Å². The molecule has 212 valence electrons. The molecular formula is C33H31F2NO5. The first-order chi connectivity index (χ1) is 19.8. The second kappa shape index (κ2) is 12.0. The Morgan fingerprint density at radius 2 is 1.34 bits per heavy atom. The topological polar surface area (TPSA) is 68.2 Å². The van der Waals surface area contributed by atoms with E-state index in [4.69, 9.17) is 14.2 Å². The van der Waals surface area contributed by atoms with Crippen LogP contribution in [0.1, 0.15) is 36.1 Å². The van der Waals surface area contributed by atoms with Gasteiger partial charge in [-0.2, -0.15) is 0 Å². The summed E-state index contributed by atoms with van der Waals surface area (Å²) in [6.07, 6.45) is -0.0698. The lowest BCUT2D eigenvalue weighted by molar-refractivity contribution is -0.131. The Morgan fingerprint density at radius 1 is 0.780 bits per heavy atom. The lowest BCUT2D eigenvalue weighted by Crippen LogP contribution is -2.55. The van der Waals surface area contributed by atoms with E-state index >= 15 is 0 Å². The molecule has 1 N–H and O–H groups in total. The number of amides is 1. The number of halogens is 2. The monoisotopic (exact) mass is 559 g/mol. The first kappa shape index (κ1) is 28.1. The van der Waals surface area contributed by atoms with Crippen molar-refractivity contribution in [2.75, 3.05) is 26.2 Å². The van der Waals surface area contributed by atoms with Gasteiger partial charge in [-0.3, -0.25) is 4.79 Å². The maximum atomic E-state index is 13.6. The average Bonchev–Trinajstić information content (AvgIpc) is 3.00. The van der Waals surface area contributed by atoms with E-state index in [9.17, 15) is 18.7 Å². The van der Waals surface area contributed by atoms with Gasteiger partial charge in [-0.25, -0.2) is 8.78 Å². The summed E-state index contributed by atoms with van der Waals surface area (Å²) in [5, 5.41) is 10.7. The molecule has 0 aliphatic carbocycles. The third-order valence-electron chi connectivity index (χ3n) is 7.57. The second-order valence-corrected chi connectivity index (χ2v) is 9.92. The van der Waals surface area contributed by atoms with Crippen molar-refractivity contribution in [3.8, 4) is 28.4 Å². The number of nitrogens with zero attached hydrogens (tertiary/aromatic N) is 1. The lowest BCUT2D eigenvalue weighted by Gasteiger charge is -2.48. The Morgan fingerprint density at radius 3 is 1.88 bits per heavy atom. The molecule has 8 heteroatoms. The molecule has 0 aromatic heterocycles. The summed E-state index contributed by atoms with van der Waals surface area (Å²) in [5.74, 6) is 0.343. The maximum absolute atomic E-state index is 13.6. The van der Waals surface area contributed by atoms with Gasteiger partial charge in [0.1, 0.15) is 11.6 Å². The Hall–Kier alpha value is -4.43. The van der Waals surface area contributed by atoms with Crippen LogP contribution in [0.3, 0.4) is 0 Å². The molecule has 4 aromatic rings. The van der Waals surface area contributed by atoms with Gasteiger partial charge in [0.2, 0.25) is 11.7 Å². The molecule has 0 saturated carbocycles. The van der Waals surface area contributed by atoms with Crippen LogP contribution in [0.2, 0.25) is 0 Å². The van der Waals surface area contributed by atoms with Crippen LogP contribution >= 0.6 is 0 Å². The van der Waals surface area contributed by atoms with Crippen molar-refractivity contribution in [1.82, 2.24) is 0 Å². The highest BCUT2D eigenvalue weighted by molar-refractivity contribution is 6.03. The highest BCUT2D eigenvalue weighted by Crippen LogP contribution is 2.47. The van der Waals surface area contributed by atoms with E-state index in [1.807, 2.05) is 36.4 Å². The van der Waals surface area contributed by atoms with E-state index in [-0.39, 0.29) is 29.5 Å². The van der Waals surface area contributed by atoms with Gasteiger partial charge in [0, 0.05) is 5.69 Å². The summed E-state index contributed by atoms with van der Waals surface area (Å²) in [6.45, 7) is 0. The molecule has 1 fully saturated rings. The zero-order valence-corrected chi connectivity index (χ0v) is 23.0. The molecule has 1 aliphatic heterocycles.